The second-order valence-corrected chi connectivity index (χ2v) is 4.74. The molecule has 1 atom stereocenters. The number of carboxylic acids is 1. The highest BCUT2D eigenvalue weighted by atomic mass is 16.4. The van der Waals surface area contributed by atoms with Crippen LogP contribution in [-0.4, -0.2) is 41.1 Å². The van der Waals surface area contributed by atoms with Crippen LogP contribution in [0.5, 0.6) is 0 Å². The maximum absolute atomic E-state index is 12.3. The Morgan fingerprint density at radius 1 is 1.32 bits per heavy atom. The van der Waals surface area contributed by atoms with Crippen LogP contribution in [0.2, 0.25) is 0 Å². The molecule has 0 aromatic heterocycles. The fraction of sp³-hybridized carbons (Fsp3) is 0.429. The number of carboxylic acid groups (broad SMARTS) is 1. The Labute approximate surface area is 112 Å². The first-order valence-electron chi connectivity index (χ1n) is 6.46. The number of hydrogen-bond donors (Lipinski definition) is 1. The molecule has 1 aliphatic rings. The van der Waals surface area contributed by atoms with Crippen molar-refractivity contribution in [3.8, 4) is 0 Å². The second-order valence-electron chi connectivity index (χ2n) is 4.74. The van der Waals surface area contributed by atoms with E-state index in [1.165, 1.54) is 12.1 Å². The van der Waals surface area contributed by atoms with Gasteiger partial charge in [0.1, 0.15) is 0 Å². The summed E-state index contributed by atoms with van der Waals surface area (Å²) in [6.07, 6.45) is 0.928. The van der Waals surface area contributed by atoms with E-state index in [0.29, 0.717) is 13.1 Å². The van der Waals surface area contributed by atoms with E-state index in [9.17, 15) is 9.59 Å². The lowest BCUT2D eigenvalue weighted by atomic mass is 10.2. The zero-order valence-corrected chi connectivity index (χ0v) is 11.2. The number of benzene rings is 1. The average Bonchev–Trinajstić information content (AvgIpc) is 2.80. The summed E-state index contributed by atoms with van der Waals surface area (Å²) in [6, 6.07) is 6.64. The highest BCUT2D eigenvalue weighted by Gasteiger charge is 2.31. The molecule has 1 aromatic carbocycles. The number of carbonyl (C=O) groups excluding carboxylic acids is 1. The smallest absolute Gasteiger partial charge is 0.335 e. The molecule has 1 aliphatic heterocycles. The normalized spacial score (nSPS) is 16.8. The first-order chi connectivity index (χ1) is 9.04. The third-order valence-corrected chi connectivity index (χ3v) is 3.59. The lowest BCUT2D eigenvalue weighted by Crippen LogP contribution is -2.37. The van der Waals surface area contributed by atoms with Crippen molar-refractivity contribution in [2.24, 2.45) is 0 Å². The van der Waals surface area contributed by atoms with Crippen molar-refractivity contribution < 1.29 is 14.7 Å². The SMILES string of the molecule is CCC(C)N1CCN(c2ccc(C(=O)O)cc2)C1=O. The summed E-state index contributed by atoms with van der Waals surface area (Å²) in [5, 5.41) is 8.85. The maximum atomic E-state index is 12.3. The molecule has 1 aromatic rings. The Morgan fingerprint density at radius 3 is 2.47 bits per heavy atom. The lowest BCUT2D eigenvalue weighted by molar-refractivity contribution is 0.0697. The molecule has 2 amide bonds. The quantitative estimate of drug-likeness (QED) is 0.906. The number of nitrogens with zero attached hydrogens (tertiary/aromatic N) is 2. The molecule has 1 N–H and O–H groups in total. The van der Waals surface area contributed by atoms with Crippen LogP contribution in [-0.2, 0) is 0 Å². The van der Waals surface area contributed by atoms with E-state index in [1.54, 1.807) is 17.0 Å². The van der Waals surface area contributed by atoms with E-state index in [0.717, 1.165) is 12.1 Å². The zero-order chi connectivity index (χ0) is 14.0. The monoisotopic (exact) mass is 262 g/mol. The molecular weight excluding hydrogens is 244 g/mol. The van der Waals surface area contributed by atoms with Crippen molar-refractivity contribution in [2.75, 3.05) is 18.0 Å². The maximum Gasteiger partial charge on any atom is 0.335 e. The third kappa shape index (κ3) is 2.54. The van der Waals surface area contributed by atoms with Crippen LogP contribution >= 0.6 is 0 Å². The number of amides is 2. The van der Waals surface area contributed by atoms with Gasteiger partial charge in [0, 0.05) is 24.8 Å². The van der Waals surface area contributed by atoms with E-state index in [4.69, 9.17) is 5.11 Å². The Bertz CT molecular complexity index is 484. The predicted molar refractivity (Wildman–Crippen MR) is 72.6 cm³/mol. The number of carbonyl (C=O) groups is 2. The number of anilines is 1. The molecular formula is C14H18N2O3. The van der Waals surface area contributed by atoms with Crippen molar-refractivity contribution in [3.63, 3.8) is 0 Å². The summed E-state index contributed by atoms with van der Waals surface area (Å²) in [6.45, 7) is 5.46. The van der Waals surface area contributed by atoms with Crippen molar-refractivity contribution in [1.29, 1.82) is 0 Å². The molecule has 2 rings (SSSR count). The molecule has 19 heavy (non-hydrogen) atoms. The van der Waals surface area contributed by atoms with Gasteiger partial charge in [0.15, 0.2) is 0 Å². The fourth-order valence-electron chi connectivity index (χ4n) is 2.21. The van der Waals surface area contributed by atoms with Crippen LogP contribution in [0.1, 0.15) is 30.6 Å². The van der Waals surface area contributed by atoms with Gasteiger partial charge in [-0.2, -0.15) is 0 Å². The van der Waals surface area contributed by atoms with Gasteiger partial charge in [-0.15, -0.1) is 0 Å². The third-order valence-electron chi connectivity index (χ3n) is 3.59. The van der Waals surface area contributed by atoms with Gasteiger partial charge in [0.05, 0.1) is 5.56 Å². The second kappa shape index (κ2) is 5.30. The standard InChI is InChI=1S/C14H18N2O3/c1-3-10(2)15-8-9-16(14(15)19)12-6-4-11(5-7-12)13(17)18/h4-7,10H,3,8-9H2,1-2H3,(H,17,18). The molecule has 1 heterocycles. The Kier molecular flexibility index (Phi) is 3.74. The lowest BCUT2D eigenvalue weighted by Gasteiger charge is -2.23. The Balaban J connectivity index is 2.15. The minimum absolute atomic E-state index is 0.00238. The van der Waals surface area contributed by atoms with Crippen LogP contribution in [0.4, 0.5) is 10.5 Å². The van der Waals surface area contributed by atoms with Gasteiger partial charge < -0.3 is 10.0 Å². The Morgan fingerprint density at radius 2 is 1.95 bits per heavy atom. The van der Waals surface area contributed by atoms with Crippen LogP contribution in [0.15, 0.2) is 24.3 Å². The first kappa shape index (κ1) is 13.4. The molecule has 0 radical (unpaired) electrons. The summed E-state index contributed by atoms with van der Waals surface area (Å²) < 4.78 is 0. The first-order valence-corrected chi connectivity index (χ1v) is 6.46. The van der Waals surface area contributed by atoms with Gasteiger partial charge in [0.2, 0.25) is 0 Å². The molecule has 1 unspecified atom stereocenters. The van der Waals surface area contributed by atoms with Crippen LogP contribution < -0.4 is 4.90 Å². The number of rotatable bonds is 4. The zero-order valence-electron chi connectivity index (χ0n) is 11.2. The van der Waals surface area contributed by atoms with Crippen molar-refractivity contribution in [1.82, 2.24) is 4.90 Å². The topological polar surface area (TPSA) is 60.9 Å². The van der Waals surface area contributed by atoms with Crippen LogP contribution in [0.25, 0.3) is 0 Å². The molecule has 0 spiro atoms. The van der Waals surface area contributed by atoms with Gasteiger partial charge >= 0.3 is 12.0 Å². The van der Waals surface area contributed by atoms with Gasteiger partial charge in [-0.05, 0) is 37.6 Å². The summed E-state index contributed by atoms with van der Waals surface area (Å²) in [7, 11) is 0. The minimum Gasteiger partial charge on any atom is -0.478 e. The molecule has 0 bridgehead atoms. The van der Waals surface area contributed by atoms with Crippen molar-refractivity contribution in [2.45, 2.75) is 26.3 Å². The fourth-order valence-corrected chi connectivity index (χ4v) is 2.21. The molecule has 5 heteroatoms. The van der Waals surface area contributed by atoms with Crippen molar-refractivity contribution >= 4 is 17.7 Å². The predicted octanol–water partition coefficient (Wildman–Crippen LogP) is 2.43. The van der Waals surface area contributed by atoms with E-state index in [-0.39, 0.29) is 17.6 Å². The van der Waals surface area contributed by atoms with Crippen LogP contribution in [0.3, 0.4) is 0 Å². The van der Waals surface area contributed by atoms with Crippen LogP contribution in [0, 0.1) is 0 Å². The van der Waals surface area contributed by atoms with Gasteiger partial charge in [-0.25, -0.2) is 9.59 Å². The summed E-state index contributed by atoms with van der Waals surface area (Å²) in [5.74, 6) is -0.958. The number of aromatic carboxylic acids is 1. The van der Waals surface area contributed by atoms with Gasteiger partial charge in [0.25, 0.3) is 0 Å². The van der Waals surface area contributed by atoms with E-state index in [2.05, 4.69) is 6.92 Å². The molecule has 0 saturated carbocycles. The average molecular weight is 262 g/mol. The van der Waals surface area contributed by atoms with E-state index in [1.807, 2.05) is 11.8 Å². The number of hydrogen-bond acceptors (Lipinski definition) is 2. The minimum atomic E-state index is -0.958. The molecule has 1 fully saturated rings. The highest BCUT2D eigenvalue weighted by molar-refractivity contribution is 5.95. The summed E-state index contributed by atoms with van der Waals surface area (Å²) in [4.78, 5) is 26.6. The molecule has 0 aliphatic carbocycles. The van der Waals surface area contributed by atoms with Gasteiger partial charge in [-0.3, -0.25) is 4.90 Å². The number of urea groups is 1. The highest BCUT2D eigenvalue weighted by Crippen LogP contribution is 2.22. The summed E-state index contributed by atoms with van der Waals surface area (Å²) in [5.41, 5.74) is 0.981. The van der Waals surface area contributed by atoms with Gasteiger partial charge in [-0.1, -0.05) is 6.92 Å². The summed E-state index contributed by atoms with van der Waals surface area (Å²) >= 11 is 0. The van der Waals surface area contributed by atoms with E-state index >= 15 is 0 Å². The van der Waals surface area contributed by atoms with E-state index < -0.39 is 5.97 Å². The molecule has 1 saturated heterocycles. The Hall–Kier alpha value is -2.04. The molecule has 102 valence electrons. The molecule has 5 nitrogen and oxygen atoms in total. The largest absolute Gasteiger partial charge is 0.478 e. The van der Waals surface area contributed by atoms with Crippen molar-refractivity contribution in [3.05, 3.63) is 29.8 Å².